The molecule has 2 aromatic carbocycles. The van der Waals surface area contributed by atoms with E-state index in [2.05, 4.69) is 0 Å². The van der Waals surface area contributed by atoms with Crippen molar-refractivity contribution in [2.45, 2.75) is 24.4 Å². The molecule has 5 heteroatoms. The molecule has 0 bridgehead atoms. The van der Waals surface area contributed by atoms with E-state index >= 15 is 0 Å². The van der Waals surface area contributed by atoms with Gasteiger partial charge in [-0.3, -0.25) is 0 Å². The monoisotopic (exact) mass is 314 g/mol. The minimum absolute atomic E-state index is 0.135. The SMILES string of the molecule is FC(F)(F)CCC(Cl)c1ccc(Oc2ccccc2)cc1. The highest BCUT2D eigenvalue weighted by Gasteiger charge is 2.28. The standard InChI is InChI=1S/C16H14ClF3O/c17-15(10-11-16(18,19)20)12-6-8-14(9-7-12)21-13-4-2-1-3-5-13/h1-9,15H,10-11H2. The highest BCUT2D eigenvalue weighted by molar-refractivity contribution is 6.20. The van der Waals surface area contributed by atoms with Gasteiger partial charge in [0.1, 0.15) is 11.5 Å². The van der Waals surface area contributed by atoms with E-state index in [4.69, 9.17) is 16.3 Å². The fraction of sp³-hybridized carbons (Fsp3) is 0.250. The third-order valence-electron chi connectivity index (χ3n) is 2.90. The number of hydrogen-bond donors (Lipinski definition) is 0. The maximum atomic E-state index is 12.2. The molecular formula is C16H14ClF3O. The van der Waals surface area contributed by atoms with Crippen LogP contribution in [-0.4, -0.2) is 6.18 Å². The first-order valence-corrected chi connectivity index (χ1v) is 6.91. The molecule has 0 aliphatic rings. The average molecular weight is 315 g/mol. The van der Waals surface area contributed by atoms with Gasteiger partial charge in [0.15, 0.2) is 0 Å². The number of para-hydroxylation sites is 1. The minimum Gasteiger partial charge on any atom is -0.457 e. The minimum atomic E-state index is -4.18. The Kier molecular flexibility index (Phi) is 5.12. The Labute approximate surface area is 126 Å². The predicted octanol–water partition coefficient (Wildman–Crippen LogP) is 6.10. The highest BCUT2D eigenvalue weighted by atomic mass is 35.5. The first kappa shape index (κ1) is 15.7. The normalized spacial score (nSPS) is 13.0. The van der Waals surface area contributed by atoms with Gasteiger partial charge in [0, 0.05) is 6.42 Å². The number of rotatable bonds is 5. The molecule has 2 aromatic rings. The molecule has 0 aromatic heterocycles. The number of benzene rings is 2. The lowest BCUT2D eigenvalue weighted by Gasteiger charge is -2.12. The molecule has 1 unspecified atom stereocenters. The third kappa shape index (κ3) is 5.31. The Balaban J connectivity index is 1.95. The van der Waals surface area contributed by atoms with Crippen LogP contribution in [0.5, 0.6) is 11.5 Å². The van der Waals surface area contributed by atoms with Crippen LogP contribution in [0.25, 0.3) is 0 Å². The van der Waals surface area contributed by atoms with Crippen LogP contribution in [0.4, 0.5) is 13.2 Å². The molecule has 0 heterocycles. The van der Waals surface area contributed by atoms with Gasteiger partial charge in [-0.05, 0) is 36.2 Å². The third-order valence-corrected chi connectivity index (χ3v) is 3.37. The van der Waals surface area contributed by atoms with Crippen molar-refractivity contribution in [1.29, 1.82) is 0 Å². The Morgan fingerprint density at radius 3 is 2.05 bits per heavy atom. The van der Waals surface area contributed by atoms with Crippen molar-refractivity contribution in [3.63, 3.8) is 0 Å². The molecule has 0 aliphatic heterocycles. The Bertz CT molecular complexity index is 552. The molecule has 112 valence electrons. The second kappa shape index (κ2) is 6.85. The number of halogens is 4. The zero-order chi connectivity index (χ0) is 15.3. The largest absolute Gasteiger partial charge is 0.457 e. The smallest absolute Gasteiger partial charge is 0.389 e. The van der Waals surface area contributed by atoms with E-state index in [0.717, 1.165) is 0 Å². The summed E-state index contributed by atoms with van der Waals surface area (Å²) in [5.41, 5.74) is 0.654. The van der Waals surface area contributed by atoms with Gasteiger partial charge in [0.2, 0.25) is 0 Å². The Morgan fingerprint density at radius 2 is 1.48 bits per heavy atom. The molecule has 1 atom stereocenters. The van der Waals surface area contributed by atoms with Gasteiger partial charge in [0.25, 0.3) is 0 Å². The zero-order valence-corrected chi connectivity index (χ0v) is 11.9. The van der Waals surface area contributed by atoms with E-state index in [1.54, 1.807) is 24.3 Å². The first-order valence-electron chi connectivity index (χ1n) is 6.48. The van der Waals surface area contributed by atoms with Gasteiger partial charge in [-0.15, -0.1) is 11.6 Å². The van der Waals surface area contributed by atoms with E-state index in [1.807, 2.05) is 30.3 Å². The van der Waals surface area contributed by atoms with Gasteiger partial charge in [0.05, 0.1) is 5.38 Å². The van der Waals surface area contributed by atoms with Crippen LogP contribution in [0.3, 0.4) is 0 Å². The van der Waals surface area contributed by atoms with E-state index in [9.17, 15) is 13.2 Å². The van der Waals surface area contributed by atoms with Crippen molar-refractivity contribution < 1.29 is 17.9 Å². The summed E-state index contributed by atoms with van der Waals surface area (Å²) in [5.74, 6) is 1.31. The fourth-order valence-electron chi connectivity index (χ4n) is 1.83. The molecule has 0 N–H and O–H groups in total. The van der Waals surface area contributed by atoms with E-state index in [-0.39, 0.29) is 6.42 Å². The van der Waals surface area contributed by atoms with Crippen molar-refractivity contribution in [3.8, 4) is 11.5 Å². The van der Waals surface area contributed by atoms with Crippen molar-refractivity contribution in [2.75, 3.05) is 0 Å². The molecule has 21 heavy (non-hydrogen) atoms. The molecule has 0 saturated carbocycles. The maximum Gasteiger partial charge on any atom is 0.389 e. The second-order valence-electron chi connectivity index (χ2n) is 4.61. The lowest BCUT2D eigenvalue weighted by Crippen LogP contribution is -2.08. The van der Waals surface area contributed by atoms with Gasteiger partial charge < -0.3 is 4.74 Å². The first-order chi connectivity index (χ1) is 9.94. The maximum absolute atomic E-state index is 12.2. The van der Waals surface area contributed by atoms with Crippen LogP contribution in [0.1, 0.15) is 23.8 Å². The summed E-state index contributed by atoms with van der Waals surface area (Å²) in [4.78, 5) is 0. The van der Waals surface area contributed by atoms with E-state index in [0.29, 0.717) is 17.1 Å². The molecule has 0 radical (unpaired) electrons. The molecular weight excluding hydrogens is 301 g/mol. The molecule has 1 nitrogen and oxygen atoms in total. The van der Waals surface area contributed by atoms with Crippen molar-refractivity contribution >= 4 is 11.6 Å². The van der Waals surface area contributed by atoms with Crippen molar-refractivity contribution in [3.05, 3.63) is 60.2 Å². The van der Waals surface area contributed by atoms with E-state index in [1.165, 1.54) is 0 Å². The lowest BCUT2D eigenvalue weighted by molar-refractivity contribution is -0.135. The van der Waals surface area contributed by atoms with Crippen LogP contribution in [-0.2, 0) is 0 Å². The van der Waals surface area contributed by atoms with Crippen molar-refractivity contribution in [1.82, 2.24) is 0 Å². The second-order valence-corrected chi connectivity index (χ2v) is 5.13. The van der Waals surface area contributed by atoms with Gasteiger partial charge >= 0.3 is 6.18 Å². The predicted molar refractivity (Wildman–Crippen MR) is 76.8 cm³/mol. The van der Waals surface area contributed by atoms with Crippen LogP contribution < -0.4 is 4.74 Å². The summed E-state index contributed by atoms with van der Waals surface area (Å²) in [7, 11) is 0. The molecule has 0 fully saturated rings. The molecule has 0 amide bonds. The summed E-state index contributed by atoms with van der Waals surface area (Å²) in [6, 6.07) is 16.0. The molecule has 2 rings (SSSR count). The molecule has 0 spiro atoms. The van der Waals surface area contributed by atoms with Crippen LogP contribution in [0.15, 0.2) is 54.6 Å². The highest BCUT2D eigenvalue weighted by Crippen LogP contribution is 2.32. The lowest BCUT2D eigenvalue weighted by atomic mass is 10.1. The number of hydrogen-bond acceptors (Lipinski definition) is 1. The van der Waals surface area contributed by atoms with Crippen LogP contribution >= 0.6 is 11.6 Å². The summed E-state index contributed by atoms with van der Waals surface area (Å²) in [6.07, 6.45) is -5.20. The zero-order valence-electron chi connectivity index (χ0n) is 11.1. The summed E-state index contributed by atoms with van der Waals surface area (Å²) < 4.78 is 42.1. The molecule has 0 saturated heterocycles. The van der Waals surface area contributed by atoms with Gasteiger partial charge in [-0.25, -0.2) is 0 Å². The topological polar surface area (TPSA) is 9.23 Å². The summed E-state index contributed by atoms with van der Waals surface area (Å²) in [5, 5.41) is -0.655. The van der Waals surface area contributed by atoms with Crippen LogP contribution in [0.2, 0.25) is 0 Å². The average Bonchev–Trinajstić information content (AvgIpc) is 2.46. The summed E-state index contributed by atoms with van der Waals surface area (Å²) >= 11 is 5.98. The Hall–Kier alpha value is -1.68. The van der Waals surface area contributed by atoms with Crippen molar-refractivity contribution in [2.24, 2.45) is 0 Å². The number of ether oxygens (including phenoxy) is 1. The molecule has 0 aliphatic carbocycles. The van der Waals surface area contributed by atoms with Gasteiger partial charge in [-0.2, -0.15) is 13.2 Å². The van der Waals surface area contributed by atoms with E-state index < -0.39 is 18.0 Å². The fourth-order valence-corrected chi connectivity index (χ4v) is 2.08. The summed E-state index contributed by atoms with van der Waals surface area (Å²) in [6.45, 7) is 0. The Morgan fingerprint density at radius 1 is 0.905 bits per heavy atom. The van der Waals surface area contributed by atoms with Gasteiger partial charge in [-0.1, -0.05) is 30.3 Å². The quantitative estimate of drug-likeness (QED) is 0.606. The van der Waals surface area contributed by atoms with Crippen LogP contribution in [0, 0.1) is 0 Å². The number of alkyl halides is 4.